The van der Waals surface area contributed by atoms with Gasteiger partial charge in [-0.1, -0.05) is 0 Å². The number of nitrogens with one attached hydrogen (secondary N) is 1. The third kappa shape index (κ3) is 3.29. The van der Waals surface area contributed by atoms with E-state index < -0.39 is 0 Å². The molecule has 0 saturated carbocycles. The SMILES string of the molecule is CN1N=C(C(=O)NCCC2CCCO2)CCC1=O. The van der Waals surface area contributed by atoms with E-state index in [0.29, 0.717) is 25.1 Å². The van der Waals surface area contributed by atoms with Crippen LogP contribution in [-0.4, -0.2) is 48.8 Å². The minimum Gasteiger partial charge on any atom is -0.378 e. The van der Waals surface area contributed by atoms with E-state index in [-0.39, 0.29) is 17.9 Å². The number of hydrazone groups is 1. The van der Waals surface area contributed by atoms with Gasteiger partial charge in [0.1, 0.15) is 5.71 Å². The molecule has 2 aliphatic rings. The van der Waals surface area contributed by atoms with Crippen LogP contribution in [0.15, 0.2) is 5.10 Å². The van der Waals surface area contributed by atoms with Gasteiger partial charge >= 0.3 is 0 Å². The highest BCUT2D eigenvalue weighted by molar-refractivity contribution is 6.39. The Balaban J connectivity index is 1.74. The number of carbonyl (C=O) groups excluding carboxylic acids is 2. The van der Waals surface area contributed by atoms with E-state index in [0.717, 1.165) is 25.9 Å². The maximum absolute atomic E-state index is 11.8. The Morgan fingerprint density at radius 3 is 3.06 bits per heavy atom. The van der Waals surface area contributed by atoms with Crippen molar-refractivity contribution in [1.29, 1.82) is 0 Å². The Labute approximate surface area is 106 Å². The molecule has 18 heavy (non-hydrogen) atoms. The van der Waals surface area contributed by atoms with Crippen LogP contribution in [0.3, 0.4) is 0 Å². The van der Waals surface area contributed by atoms with Crippen molar-refractivity contribution in [3.05, 3.63) is 0 Å². The molecule has 0 aromatic heterocycles. The summed E-state index contributed by atoms with van der Waals surface area (Å²) in [5.74, 6) is -0.224. The summed E-state index contributed by atoms with van der Waals surface area (Å²) in [6.45, 7) is 1.43. The first-order valence-electron chi connectivity index (χ1n) is 6.40. The lowest BCUT2D eigenvalue weighted by atomic mass is 10.1. The summed E-state index contributed by atoms with van der Waals surface area (Å²) in [6, 6.07) is 0. The lowest BCUT2D eigenvalue weighted by molar-refractivity contribution is -0.130. The number of carbonyl (C=O) groups is 2. The van der Waals surface area contributed by atoms with Gasteiger partial charge in [-0.15, -0.1) is 0 Å². The second-order valence-corrected chi connectivity index (χ2v) is 4.64. The van der Waals surface area contributed by atoms with Crippen LogP contribution < -0.4 is 5.32 Å². The predicted octanol–water partition coefficient (Wildman–Crippen LogP) is 0.280. The van der Waals surface area contributed by atoms with E-state index in [9.17, 15) is 9.59 Å². The minimum absolute atomic E-state index is 0.0501. The number of hydrogen-bond acceptors (Lipinski definition) is 4. The van der Waals surface area contributed by atoms with Gasteiger partial charge in [0.15, 0.2) is 0 Å². The van der Waals surface area contributed by atoms with Gasteiger partial charge in [-0.25, -0.2) is 5.01 Å². The molecule has 6 nitrogen and oxygen atoms in total. The van der Waals surface area contributed by atoms with Crippen LogP contribution in [0.2, 0.25) is 0 Å². The maximum Gasteiger partial charge on any atom is 0.267 e. The monoisotopic (exact) mass is 253 g/mol. The van der Waals surface area contributed by atoms with Crippen molar-refractivity contribution in [2.24, 2.45) is 5.10 Å². The van der Waals surface area contributed by atoms with Crippen LogP contribution in [0, 0.1) is 0 Å². The normalized spacial score (nSPS) is 24.1. The van der Waals surface area contributed by atoms with E-state index in [2.05, 4.69) is 10.4 Å². The molecule has 0 aliphatic carbocycles. The van der Waals surface area contributed by atoms with Gasteiger partial charge in [0, 0.05) is 33.0 Å². The number of hydrogen-bond donors (Lipinski definition) is 1. The molecule has 2 amide bonds. The molecule has 0 aromatic rings. The second kappa shape index (κ2) is 5.95. The number of amides is 2. The van der Waals surface area contributed by atoms with Gasteiger partial charge in [-0.3, -0.25) is 9.59 Å². The summed E-state index contributed by atoms with van der Waals surface area (Å²) in [5, 5.41) is 8.03. The molecule has 1 saturated heterocycles. The summed E-state index contributed by atoms with van der Waals surface area (Å²) in [6.07, 6.45) is 4.09. The van der Waals surface area contributed by atoms with Gasteiger partial charge in [-0.2, -0.15) is 5.10 Å². The van der Waals surface area contributed by atoms with Gasteiger partial charge < -0.3 is 10.1 Å². The molecule has 1 atom stereocenters. The first kappa shape index (κ1) is 13.0. The van der Waals surface area contributed by atoms with Gasteiger partial charge in [0.2, 0.25) is 5.91 Å². The average Bonchev–Trinajstić information content (AvgIpc) is 2.85. The standard InChI is InChI=1S/C12H19N3O3/c1-15-11(16)5-4-10(14-15)12(17)13-7-6-9-3-2-8-18-9/h9H,2-8H2,1H3,(H,13,17). The fourth-order valence-electron chi connectivity index (χ4n) is 2.15. The lowest BCUT2D eigenvalue weighted by Crippen LogP contribution is -2.38. The molecule has 6 heteroatoms. The molecule has 0 bridgehead atoms. The maximum atomic E-state index is 11.8. The highest BCUT2D eigenvalue weighted by Gasteiger charge is 2.22. The molecule has 100 valence electrons. The first-order valence-corrected chi connectivity index (χ1v) is 6.40. The van der Waals surface area contributed by atoms with Crippen molar-refractivity contribution in [2.45, 2.75) is 38.2 Å². The molecule has 0 radical (unpaired) electrons. The topological polar surface area (TPSA) is 71.0 Å². The fourth-order valence-corrected chi connectivity index (χ4v) is 2.15. The van der Waals surface area contributed by atoms with Crippen LogP contribution in [0.1, 0.15) is 32.1 Å². The summed E-state index contributed by atoms with van der Waals surface area (Å²) < 4.78 is 5.48. The molecular formula is C12H19N3O3. The first-order chi connectivity index (χ1) is 8.66. The molecule has 1 fully saturated rings. The van der Waals surface area contributed by atoms with Crippen molar-refractivity contribution >= 4 is 17.5 Å². The summed E-state index contributed by atoms with van der Waals surface area (Å²) in [5.41, 5.74) is 0.435. The quantitative estimate of drug-likeness (QED) is 0.782. The highest BCUT2D eigenvalue weighted by Crippen LogP contribution is 2.14. The van der Waals surface area contributed by atoms with Crippen LogP contribution in [0.5, 0.6) is 0 Å². The van der Waals surface area contributed by atoms with Crippen molar-refractivity contribution in [3.63, 3.8) is 0 Å². The molecule has 2 aliphatic heterocycles. The minimum atomic E-state index is -0.174. The van der Waals surface area contributed by atoms with Crippen LogP contribution in [0.4, 0.5) is 0 Å². The third-order valence-corrected chi connectivity index (χ3v) is 3.25. The zero-order valence-electron chi connectivity index (χ0n) is 10.6. The van der Waals surface area contributed by atoms with Crippen molar-refractivity contribution in [2.75, 3.05) is 20.2 Å². The third-order valence-electron chi connectivity index (χ3n) is 3.25. The molecule has 0 aromatic carbocycles. The summed E-state index contributed by atoms with van der Waals surface area (Å²) in [7, 11) is 1.57. The largest absolute Gasteiger partial charge is 0.378 e. The van der Waals surface area contributed by atoms with E-state index in [4.69, 9.17) is 4.74 Å². The van der Waals surface area contributed by atoms with E-state index in [1.54, 1.807) is 7.05 Å². The summed E-state index contributed by atoms with van der Waals surface area (Å²) >= 11 is 0. The van der Waals surface area contributed by atoms with E-state index in [1.165, 1.54) is 5.01 Å². The Morgan fingerprint density at radius 2 is 2.39 bits per heavy atom. The van der Waals surface area contributed by atoms with Crippen molar-refractivity contribution in [3.8, 4) is 0 Å². The lowest BCUT2D eigenvalue weighted by Gasteiger charge is -2.19. The molecule has 1 unspecified atom stereocenters. The van der Waals surface area contributed by atoms with Crippen molar-refractivity contribution in [1.82, 2.24) is 10.3 Å². The number of rotatable bonds is 4. The van der Waals surface area contributed by atoms with Gasteiger partial charge in [0.25, 0.3) is 5.91 Å². The van der Waals surface area contributed by atoms with E-state index in [1.807, 2.05) is 0 Å². The van der Waals surface area contributed by atoms with Gasteiger partial charge in [-0.05, 0) is 19.3 Å². The predicted molar refractivity (Wildman–Crippen MR) is 66.0 cm³/mol. The molecule has 2 heterocycles. The van der Waals surface area contributed by atoms with Gasteiger partial charge in [0.05, 0.1) is 6.10 Å². The Bertz CT molecular complexity index is 362. The fraction of sp³-hybridized carbons (Fsp3) is 0.750. The number of nitrogens with zero attached hydrogens (tertiary/aromatic N) is 2. The average molecular weight is 253 g/mol. The van der Waals surface area contributed by atoms with Crippen molar-refractivity contribution < 1.29 is 14.3 Å². The number of ether oxygens (including phenoxy) is 1. The molecular weight excluding hydrogens is 234 g/mol. The van der Waals surface area contributed by atoms with E-state index >= 15 is 0 Å². The van der Waals surface area contributed by atoms with Crippen LogP contribution in [-0.2, 0) is 14.3 Å². The molecule has 2 rings (SSSR count). The molecule has 0 spiro atoms. The Hall–Kier alpha value is -1.43. The smallest absolute Gasteiger partial charge is 0.267 e. The Kier molecular flexibility index (Phi) is 4.30. The second-order valence-electron chi connectivity index (χ2n) is 4.64. The van der Waals surface area contributed by atoms with Crippen LogP contribution in [0.25, 0.3) is 0 Å². The van der Waals surface area contributed by atoms with Crippen LogP contribution >= 0.6 is 0 Å². The summed E-state index contributed by atoms with van der Waals surface area (Å²) in [4.78, 5) is 23.0. The highest BCUT2D eigenvalue weighted by atomic mass is 16.5. The zero-order valence-corrected chi connectivity index (χ0v) is 10.6. The zero-order chi connectivity index (χ0) is 13.0. The molecule has 1 N–H and O–H groups in total. The Morgan fingerprint density at radius 1 is 1.56 bits per heavy atom.